The molecule has 2 N–H and O–H groups in total. The second kappa shape index (κ2) is 4.97. The molecule has 1 amide bonds. The Bertz CT molecular complexity index is 467. The molecular weight excluding hydrogens is 238 g/mol. The maximum Gasteiger partial charge on any atom is 0.255 e. The molecule has 1 aromatic rings. The van der Waals surface area contributed by atoms with Gasteiger partial charge in [0, 0.05) is 5.69 Å². The summed E-state index contributed by atoms with van der Waals surface area (Å²) in [6.45, 7) is 13.4. The van der Waals surface area contributed by atoms with Crippen LogP contribution in [0.4, 0.5) is 5.69 Å². The van der Waals surface area contributed by atoms with E-state index < -0.39 is 5.60 Å². The van der Waals surface area contributed by atoms with Gasteiger partial charge in [-0.05, 0) is 49.8 Å². The minimum absolute atomic E-state index is 0.0777. The normalized spacial score (nSPS) is 12.4. The van der Waals surface area contributed by atoms with Crippen LogP contribution in [0.25, 0.3) is 0 Å². The zero-order valence-electron chi connectivity index (χ0n) is 13.0. The van der Waals surface area contributed by atoms with Gasteiger partial charge in [0.2, 0.25) is 0 Å². The molecular formula is C16H25NO2. The van der Waals surface area contributed by atoms with E-state index in [-0.39, 0.29) is 11.3 Å². The molecule has 0 saturated carbocycles. The summed E-state index contributed by atoms with van der Waals surface area (Å²) in [6, 6.07) is 4.18. The maximum absolute atomic E-state index is 11.9. The molecule has 3 heteroatoms. The molecule has 3 nitrogen and oxygen atoms in total. The van der Waals surface area contributed by atoms with E-state index in [1.165, 1.54) is 19.4 Å². The fourth-order valence-electron chi connectivity index (χ4n) is 1.86. The maximum atomic E-state index is 11.9. The van der Waals surface area contributed by atoms with Gasteiger partial charge in [-0.3, -0.25) is 4.79 Å². The van der Waals surface area contributed by atoms with E-state index in [4.69, 9.17) is 0 Å². The molecule has 0 unspecified atom stereocenters. The zero-order valence-corrected chi connectivity index (χ0v) is 13.0. The number of hydrogen-bond acceptors (Lipinski definition) is 2. The van der Waals surface area contributed by atoms with Gasteiger partial charge < -0.3 is 10.4 Å². The van der Waals surface area contributed by atoms with Gasteiger partial charge in [0.15, 0.2) is 0 Å². The molecule has 1 aromatic carbocycles. The first-order chi connectivity index (χ1) is 8.43. The van der Waals surface area contributed by atoms with Crippen LogP contribution in [-0.2, 0) is 10.2 Å². The van der Waals surface area contributed by atoms with Gasteiger partial charge in [-0.25, -0.2) is 0 Å². The Balaban J connectivity index is 3.16. The van der Waals surface area contributed by atoms with E-state index in [0.717, 1.165) is 16.8 Å². The Morgan fingerprint density at radius 2 is 1.47 bits per heavy atom. The third-order valence-electron chi connectivity index (χ3n) is 3.19. The lowest BCUT2D eigenvalue weighted by Crippen LogP contribution is -2.37. The summed E-state index contributed by atoms with van der Waals surface area (Å²) in [5, 5.41) is 12.5. The first-order valence-electron chi connectivity index (χ1n) is 6.58. The molecule has 0 bridgehead atoms. The molecule has 0 aromatic heterocycles. The number of hydrogen-bond donors (Lipinski definition) is 2. The van der Waals surface area contributed by atoms with Crippen molar-refractivity contribution in [3.63, 3.8) is 0 Å². The first kappa shape index (κ1) is 15.7. The Kier molecular flexibility index (Phi) is 4.11. The van der Waals surface area contributed by atoms with E-state index >= 15 is 0 Å². The minimum Gasteiger partial charge on any atom is -0.381 e. The van der Waals surface area contributed by atoms with Gasteiger partial charge in [-0.2, -0.15) is 0 Å². The van der Waals surface area contributed by atoms with Crippen molar-refractivity contribution in [2.75, 3.05) is 5.32 Å². The second-order valence-electron chi connectivity index (χ2n) is 6.75. The van der Waals surface area contributed by atoms with E-state index in [1.54, 1.807) is 0 Å². The molecule has 0 aliphatic heterocycles. The van der Waals surface area contributed by atoms with E-state index in [0.29, 0.717) is 0 Å². The van der Waals surface area contributed by atoms with Gasteiger partial charge >= 0.3 is 0 Å². The predicted octanol–water partition coefficient (Wildman–Crippen LogP) is 3.31. The molecule has 0 spiro atoms. The van der Waals surface area contributed by atoms with Crippen LogP contribution in [0.3, 0.4) is 0 Å². The second-order valence-corrected chi connectivity index (χ2v) is 6.75. The summed E-state index contributed by atoms with van der Waals surface area (Å²) in [6.07, 6.45) is 0. The lowest BCUT2D eigenvalue weighted by atomic mass is 9.84. The molecule has 19 heavy (non-hydrogen) atoms. The number of aryl methyl sites for hydroxylation is 2. The van der Waals surface area contributed by atoms with Gasteiger partial charge in [0.1, 0.15) is 5.60 Å². The summed E-state index contributed by atoms with van der Waals surface area (Å²) >= 11 is 0. The van der Waals surface area contributed by atoms with Gasteiger partial charge in [-0.1, -0.05) is 32.9 Å². The highest BCUT2D eigenvalue weighted by atomic mass is 16.3. The van der Waals surface area contributed by atoms with Crippen LogP contribution in [0.2, 0.25) is 0 Å². The van der Waals surface area contributed by atoms with Crippen molar-refractivity contribution in [3.8, 4) is 0 Å². The average Bonchev–Trinajstić information content (AvgIpc) is 2.19. The van der Waals surface area contributed by atoms with Gasteiger partial charge in [0.25, 0.3) is 5.91 Å². The van der Waals surface area contributed by atoms with Crippen LogP contribution in [0.15, 0.2) is 12.1 Å². The van der Waals surface area contributed by atoms with Crippen LogP contribution in [0.1, 0.15) is 51.3 Å². The first-order valence-corrected chi connectivity index (χ1v) is 6.58. The number of benzene rings is 1. The van der Waals surface area contributed by atoms with Crippen molar-refractivity contribution in [3.05, 3.63) is 28.8 Å². The third-order valence-corrected chi connectivity index (χ3v) is 3.19. The number of carbonyl (C=O) groups is 1. The quantitative estimate of drug-likeness (QED) is 0.860. The van der Waals surface area contributed by atoms with Gasteiger partial charge in [0.05, 0.1) is 0 Å². The molecule has 0 fully saturated rings. The molecule has 106 valence electrons. The molecule has 0 aliphatic carbocycles. The number of carbonyl (C=O) groups excluding carboxylic acids is 1. The largest absolute Gasteiger partial charge is 0.381 e. The monoisotopic (exact) mass is 263 g/mol. The SMILES string of the molecule is Cc1cc(C(C)(C)C)cc(C)c1NC(=O)C(C)(C)O. The van der Waals surface area contributed by atoms with Crippen molar-refractivity contribution in [2.45, 2.75) is 59.5 Å². The summed E-state index contributed by atoms with van der Waals surface area (Å²) in [5.41, 5.74) is 2.77. The number of rotatable bonds is 2. The Hall–Kier alpha value is -1.35. The summed E-state index contributed by atoms with van der Waals surface area (Å²) in [5.74, 6) is -0.387. The van der Waals surface area contributed by atoms with Crippen LogP contribution < -0.4 is 5.32 Å². The van der Waals surface area contributed by atoms with E-state index in [2.05, 4.69) is 38.2 Å². The summed E-state index contributed by atoms with van der Waals surface area (Å²) < 4.78 is 0. The number of nitrogens with one attached hydrogen (secondary N) is 1. The number of anilines is 1. The van der Waals surface area contributed by atoms with E-state index in [9.17, 15) is 9.90 Å². The van der Waals surface area contributed by atoms with Crippen LogP contribution in [0.5, 0.6) is 0 Å². The average molecular weight is 263 g/mol. The molecule has 0 aliphatic rings. The van der Waals surface area contributed by atoms with Crippen molar-refractivity contribution in [1.29, 1.82) is 0 Å². The fourth-order valence-corrected chi connectivity index (χ4v) is 1.86. The van der Waals surface area contributed by atoms with Crippen molar-refractivity contribution >= 4 is 11.6 Å². The van der Waals surface area contributed by atoms with Crippen LogP contribution >= 0.6 is 0 Å². The Morgan fingerprint density at radius 1 is 1.05 bits per heavy atom. The minimum atomic E-state index is -1.37. The lowest BCUT2D eigenvalue weighted by Gasteiger charge is -2.24. The van der Waals surface area contributed by atoms with Crippen LogP contribution in [0, 0.1) is 13.8 Å². The molecule has 0 atom stereocenters. The highest BCUT2D eigenvalue weighted by Gasteiger charge is 2.25. The smallest absolute Gasteiger partial charge is 0.255 e. The zero-order chi connectivity index (χ0) is 15.0. The standard InChI is InChI=1S/C16H25NO2/c1-10-8-12(15(3,4)5)9-11(2)13(10)17-14(18)16(6,7)19/h8-9,19H,1-7H3,(H,17,18). The topological polar surface area (TPSA) is 49.3 Å². The summed E-state index contributed by atoms with van der Waals surface area (Å²) in [7, 11) is 0. The highest BCUT2D eigenvalue weighted by Crippen LogP contribution is 2.29. The van der Waals surface area contributed by atoms with Crippen molar-refractivity contribution in [1.82, 2.24) is 0 Å². The molecule has 1 rings (SSSR count). The Labute approximate surface area is 116 Å². The predicted molar refractivity (Wildman–Crippen MR) is 79.5 cm³/mol. The number of amides is 1. The highest BCUT2D eigenvalue weighted by molar-refractivity contribution is 5.97. The fraction of sp³-hybridized carbons (Fsp3) is 0.562. The molecule has 0 saturated heterocycles. The third kappa shape index (κ3) is 3.80. The summed E-state index contributed by atoms with van der Waals surface area (Å²) in [4.78, 5) is 11.9. The Morgan fingerprint density at radius 3 is 1.79 bits per heavy atom. The van der Waals surface area contributed by atoms with Crippen molar-refractivity contribution in [2.24, 2.45) is 0 Å². The van der Waals surface area contributed by atoms with Crippen molar-refractivity contribution < 1.29 is 9.90 Å². The van der Waals surface area contributed by atoms with E-state index in [1.807, 2.05) is 13.8 Å². The van der Waals surface area contributed by atoms with Gasteiger partial charge in [-0.15, -0.1) is 0 Å². The molecule has 0 radical (unpaired) electrons. The lowest BCUT2D eigenvalue weighted by molar-refractivity contribution is -0.130. The number of aliphatic hydroxyl groups is 1. The molecule has 0 heterocycles. The van der Waals surface area contributed by atoms with Crippen LogP contribution in [-0.4, -0.2) is 16.6 Å².